The number of hydrogen-bond donors (Lipinski definition) is 2. The number of benzene rings is 1. The van der Waals surface area contributed by atoms with E-state index in [1.807, 2.05) is 18.2 Å². The highest BCUT2D eigenvalue weighted by Gasteiger charge is 2.40. The molecule has 148 valence electrons. The first-order valence-corrected chi connectivity index (χ1v) is 10.3. The first-order chi connectivity index (χ1) is 13.6. The maximum atomic E-state index is 13.2. The van der Waals surface area contributed by atoms with Crippen LogP contribution in [0.25, 0.3) is 0 Å². The van der Waals surface area contributed by atoms with E-state index in [-0.39, 0.29) is 24.1 Å². The summed E-state index contributed by atoms with van der Waals surface area (Å²) in [6.07, 6.45) is 3.09. The van der Waals surface area contributed by atoms with Crippen LogP contribution in [0.3, 0.4) is 0 Å². The quantitative estimate of drug-likeness (QED) is 0.750. The lowest BCUT2D eigenvalue weighted by Crippen LogP contribution is -2.52. The van der Waals surface area contributed by atoms with Gasteiger partial charge in [-0.15, -0.1) is 0 Å². The number of fused-ring (bicyclic) bond motifs is 2. The molecule has 28 heavy (non-hydrogen) atoms. The zero-order chi connectivity index (χ0) is 19.3. The second kappa shape index (κ2) is 6.97. The van der Waals surface area contributed by atoms with Crippen molar-refractivity contribution in [3.8, 4) is 0 Å². The van der Waals surface area contributed by atoms with Crippen LogP contribution in [-0.4, -0.2) is 59.2 Å². The summed E-state index contributed by atoms with van der Waals surface area (Å²) in [7, 11) is 0. The van der Waals surface area contributed by atoms with Gasteiger partial charge < -0.3 is 10.2 Å². The molecule has 4 aliphatic rings. The molecule has 7 heteroatoms. The predicted octanol–water partition coefficient (Wildman–Crippen LogP) is 0.631. The molecule has 3 fully saturated rings. The summed E-state index contributed by atoms with van der Waals surface area (Å²) in [6.45, 7) is 4.46. The molecule has 1 aromatic rings. The molecular weight excluding hydrogens is 356 g/mol. The monoisotopic (exact) mass is 382 g/mol. The highest BCUT2D eigenvalue weighted by atomic mass is 16.2. The van der Waals surface area contributed by atoms with Crippen molar-refractivity contribution in [2.45, 2.75) is 50.9 Å². The minimum Gasteiger partial charge on any atom is -0.322 e. The molecule has 5 rings (SSSR count). The van der Waals surface area contributed by atoms with E-state index in [0.29, 0.717) is 24.9 Å². The van der Waals surface area contributed by atoms with Gasteiger partial charge in [0.25, 0.3) is 5.91 Å². The van der Waals surface area contributed by atoms with Crippen LogP contribution in [0.4, 0.5) is 0 Å². The van der Waals surface area contributed by atoms with Crippen LogP contribution in [0.1, 0.15) is 47.2 Å². The van der Waals surface area contributed by atoms with E-state index >= 15 is 0 Å². The lowest BCUT2D eigenvalue weighted by atomic mass is 9.92. The predicted molar refractivity (Wildman–Crippen MR) is 102 cm³/mol. The Morgan fingerprint density at radius 1 is 1.11 bits per heavy atom. The molecule has 0 aliphatic carbocycles. The number of likely N-dealkylation sites (tertiary alicyclic amines) is 1. The molecule has 7 nitrogen and oxygen atoms in total. The number of carbonyl (C=O) groups is 3. The molecule has 0 radical (unpaired) electrons. The Hall–Kier alpha value is -2.25. The molecule has 0 saturated carbocycles. The van der Waals surface area contributed by atoms with Gasteiger partial charge in [0.15, 0.2) is 0 Å². The van der Waals surface area contributed by atoms with Crippen LogP contribution in [0, 0.1) is 5.92 Å². The molecule has 2 N–H and O–H groups in total. The van der Waals surface area contributed by atoms with Gasteiger partial charge in [-0.3, -0.25) is 24.6 Å². The second-order valence-corrected chi connectivity index (χ2v) is 8.48. The summed E-state index contributed by atoms with van der Waals surface area (Å²) in [6, 6.07) is 6.15. The average Bonchev–Trinajstić information content (AvgIpc) is 3.27. The Balaban J connectivity index is 1.34. The SMILES string of the molecule is O=C1CCC(N2Cc3cccc(CN4CC[C@@H]5NCC[C@@H]5C4)c3C2=O)C(=O)N1. The Bertz CT molecular complexity index is 839. The largest absolute Gasteiger partial charge is 0.322 e. The molecule has 1 aromatic carbocycles. The van der Waals surface area contributed by atoms with Crippen molar-refractivity contribution in [3.05, 3.63) is 34.9 Å². The average molecular weight is 382 g/mol. The molecule has 3 saturated heterocycles. The van der Waals surface area contributed by atoms with E-state index in [1.165, 1.54) is 6.42 Å². The van der Waals surface area contributed by atoms with Crippen molar-refractivity contribution in [2.24, 2.45) is 5.92 Å². The summed E-state index contributed by atoms with van der Waals surface area (Å²) >= 11 is 0. The highest BCUT2D eigenvalue weighted by Crippen LogP contribution is 2.32. The third-order valence-corrected chi connectivity index (χ3v) is 6.77. The molecule has 1 unspecified atom stereocenters. The molecule has 0 spiro atoms. The van der Waals surface area contributed by atoms with Gasteiger partial charge in [-0.1, -0.05) is 18.2 Å². The number of hydrogen-bond acceptors (Lipinski definition) is 5. The maximum absolute atomic E-state index is 13.2. The van der Waals surface area contributed by atoms with Crippen LogP contribution in [0.2, 0.25) is 0 Å². The summed E-state index contributed by atoms with van der Waals surface area (Å²) in [5.74, 6) is 0.0318. The highest BCUT2D eigenvalue weighted by molar-refractivity contribution is 6.05. The lowest BCUT2D eigenvalue weighted by Gasteiger charge is -2.35. The van der Waals surface area contributed by atoms with Crippen LogP contribution in [0.5, 0.6) is 0 Å². The summed E-state index contributed by atoms with van der Waals surface area (Å²) in [5.41, 5.74) is 2.81. The van der Waals surface area contributed by atoms with E-state index in [0.717, 1.165) is 49.3 Å². The maximum Gasteiger partial charge on any atom is 0.255 e. The summed E-state index contributed by atoms with van der Waals surface area (Å²) < 4.78 is 0. The fourth-order valence-corrected chi connectivity index (χ4v) is 5.33. The molecule has 0 aromatic heterocycles. The van der Waals surface area contributed by atoms with Gasteiger partial charge in [-0.2, -0.15) is 0 Å². The Morgan fingerprint density at radius 3 is 2.86 bits per heavy atom. The van der Waals surface area contributed by atoms with Crippen molar-refractivity contribution in [3.63, 3.8) is 0 Å². The van der Waals surface area contributed by atoms with E-state index in [4.69, 9.17) is 0 Å². The van der Waals surface area contributed by atoms with Crippen LogP contribution >= 0.6 is 0 Å². The van der Waals surface area contributed by atoms with Crippen LogP contribution < -0.4 is 10.6 Å². The standard InChI is InChI=1S/C21H26N4O3/c26-18-5-4-17(20(27)23-18)25-12-15-3-1-2-14(19(15)21(25)28)11-24-9-7-16-13(10-24)6-8-22-16/h1-3,13,16-17,22H,4-12H2,(H,23,26,27)/t13-,16+,17?/m1/s1. The smallest absolute Gasteiger partial charge is 0.255 e. The third-order valence-electron chi connectivity index (χ3n) is 6.77. The number of nitrogens with one attached hydrogen (secondary N) is 2. The molecule has 0 bridgehead atoms. The first kappa shape index (κ1) is 17.8. The zero-order valence-corrected chi connectivity index (χ0v) is 15.9. The van der Waals surface area contributed by atoms with Gasteiger partial charge in [0.1, 0.15) is 6.04 Å². The third kappa shape index (κ3) is 3.02. The van der Waals surface area contributed by atoms with Gasteiger partial charge in [0.2, 0.25) is 11.8 Å². The number of piperidine rings is 2. The van der Waals surface area contributed by atoms with Gasteiger partial charge in [0, 0.05) is 37.7 Å². The Kier molecular flexibility index (Phi) is 4.44. The Morgan fingerprint density at radius 2 is 2.00 bits per heavy atom. The molecule has 4 heterocycles. The summed E-state index contributed by atoms with van der Waals surface area (Å²) in [5, 5.41) is 5.96. The van der Waals surface area contributed by atoms with E-state index in [9.17, 15) is 14.4 Å². The number of nitrogens with zero attached hydrogens (tertiary/aromatic N) is 2. The van der Waals surface area contributed by atoms with Crippen molar-refractivity contribution in [1.29, 1.82) is 0 Å². The Labute approximate surface area is 164 Å². The molecule has 4 aliphatic heterocycles. The molecule has 3 atom stereocenters. The topological polar surface area (TPSA) is 81.8 Å². The van der Waals surface area contributed by atoms with E-state index in [1.54, 1.807) is 4.90 Å². The van der Waals surface area contributed by atoms with Gasteiger partial charge >= 0.3 is 0 Å². The van der Waals surface area contributed by atoms with Gasteiger partial charge in [-0.25, -0.2) is 0 Å². The number of carbonyl (C=O) groups excluding carboxylic acids is 3. The minimum atomic E-state index is -0.550. The fraction of sp³-hybridized carbons (Fsp3) is 0.571. The van der Waals surface area contributed by atoms with Crippen molar-refractivity contribution < 1.29 is 14.4 Å². The minimum absolute atomic E-state index is 0.0717. The normalized spacial score (nSPS) is 30.4. The van der Waals surface area contributed by atoms with Crippen molar-refractivity contribution in [2.75, 3.05) is 19.6 Å². The van der Waals surface area contributed by atoms with Crippen molar-refractivity contribution >= 4 is 17.7 Å². The van der Waals surface area contributed by atoms with E-state index < -0.39 is 6.04 Å². The second-order valence-electron chi connectivity index (χ2n) is 8.48. The van der Waals surface area contributed by atoms with Crippen molar-refractivity contribution in [1.82, 2.24) is 20.4 Å². The number of imide groups is 1. The van der Waals surface area contributed by atoms with Crippen LogP contribution in [-0.2, 0) is 22.7 Å². The van der Waals surface area contributed by atoms with Crippen LogP contribution in [0.15, 0.2) is 18.2 Å². The number of amides is 3. The zero-order valence-electron chi connectivity index (χ0n) is 15.9. The first-order valence-electron chi connectivity index (χ1n) is 10.3. The van der Waals surface area contributed by atoms with Gasteiger partial charge in [0.05, 0.1) is 0 Å². The lowest BCUT2D eigenvalue weighted by molar-refractivity contribution is -0.136. The van der Waals surface area contributed by atoms with Gasteiger partial charge in [-0.05, 0) is 49.4 Å². The number of rotatable bonds is 3. The van der Waals surface area contributed by atoms with E-state index in [2.05, 4.69) is 15.5 Å². The fourth-order valence-electron chi connectivity index (χ4n) is 5.33. The summed E-state index contributed by atoms with van der Waals surface area (Å²) in [4.78, 5) is 41.0. The molecule has 3 amide bonds. The molecular formula is C21H26N4O3.